The van der Waals surface area contributed by atoms with Gasteiger partial charge < -0.3 is 4.90 Å². The van der Waals surface area contributed by atoms with Gasteiger partial charge in [-0.05, 0) is 35.0 Å². The number of amides is 1. The first-order valence-corrected chi connectivity index (χ1v) is 7.48. The van der Waals surface area contributed by atoms with Gasteiger partial charge >= 0.3 is 0 Å². The number of carbonyl (C=O) groups is 1. The Balaban J connectivity index is 2.23. The van der Waals surface area contributed by atoms with E-state index in [1.54, 1.807) is 6.20 Å². The van der Waals surface area contributed by atoms with Crippen LogP contribution in [-0.2, 0) is 0 Å². The molecule has 1 aliphatic heterocycles. The Morgan fingerprint density at radius 2 is 2.35 bits per heavy atom. The fourth-order valence-electron chi connectivity index (χ4n) is 1.90. The molecule has 17 heavy (non-hydrogen) atoms. The zero-order valence-electron chi connectivity index (χ0n) is 9.89. The van der Waals surface area contributed by atoms with E-state index in [2.05, 4.69) is 34.8 Å². The topological polar surface area (TPSA) is 33.2 Å². The number of hydrogen-bond donors (Lipinski definition) is 0. The van der Waals surface area contributed by atoms with E-state index in [0.717, 1.165) is 16.8 Å². The molecule has 2 atom stereocenters. The molecule has 0 aliphatic carbocycles. The van der Waals surface area contributed by atoms with E-state index in [1.807, 2.05) is 28.8 Å². The largest absolute Gasteiger partial charge is 0.333 e. The molecule has 0 spiro atoms. The first-order chi connectivity index (χ1) is 8.11. The van der Waals surface area contributed by atoms with Crippen molar-refractivity contribution in [2.45, 2.75) is 25.1 Å². The van der Waals surface area contributed by atoms with Crippen LogP contribution in [0.2, 0.25) is 0 Å². The van der Waals surface area contributed by atoms with E-state index in [1.165, 1.54) is 0 Å². The molecular weight excluding hydrogens is 300 g/mol. The fraction of sp³-hybridized carbons (Fsp3) is 0.500. The highest BCUT2D eigenvalue weighted by atomic mass is 79.9. The van der Waals surface area contributed by atoms with Crippen LogP contribution in [0.1, 0.15) is 24.3 Å². The number of hydrogen-bond acceptors (Lipinski definition) is 3. The van der Waals surface area contributed by atoms with E-state index in [4.69, 9.17) is 0 Å². The van der Waals surface area contributed by atoms with Crippen LogP contribution in [0.3, 0.4) is 0 Å². The van der Waals surface area contributed by atoms with E-state index in [9.17, 15) is 4.79 Å². The van der Waals surface area contributed by atoms with Crippen LogP contribution >= 0.6 is 27.7 Å². The molecule has 1 fully saturated rings. The molecule has 3 nitrogen and oxygen atoms in total. The van der Waals surface area contributed by atoms with Gasteiger partial charge in [0, 0.05) is 34.3 Å². The normalized spacial score (nSPS) is 24.8. The lowest BCUT2D eigenvalue weighted by atomic mass is 10.2. The van der Waals surface area contributed by atoms with Crippen molar-refractivity contribution >= 4 is 33.6 Å². The molecule has 2 heterocycles. The fourth-order valence-corrected chi connectivity index (χ4v) is 3.42. The maximum Gasteiger partial charge on any atom is 0.273 e. The summed E-state index contributed by atoms with van der Waals surface area (Å²) in [7, 11) is 0. The Bertz CT molecular complexity index is 427. The number of rotatable bonds is 1. The lowest BCUT2D eigenvalue weighted by Crippen LogP contribution is -2.48. The van der Waals surface area contributed by atoms with Crippen LogP contribution in [-0.4, -0.2) is 39.4 Å². The van der Waals surface area contributed by atoms with Gasteiger partial charge in [-0.25, -0.2) is 4.98 Å². The summed E-state index contributed by atoms with van der Waals surface area (Å²) in [5.41, 5.74) is 0.512. The van der Waals surface area contributed by atoms with Gasteiger partial charge in [0.25, 0.3) is 5.91 Å². The maximum atomic E-state index is 12.4. The van der Waals surface area contributed by atoms with Crippen LogP contribution in [0.25, 0.3) is 0 Å². The Kier molecular flexibility index (Phi) is 4.09. The average Bonchev–Trinajstić information content (AvgIpc) is 2.32. The number of pyridine rings is 1. The van der Waals surface area contributed by atoms with Gasteiger partial charge in [-0.2, -0.15) is 11.8 Å². The van der Waals surface area contributed by atoms with Crippen molar-refractivity contribution in [3.05, 3.63) is 28.5 Å². The second-order valence-corrected chi connectivity index (χ2v) is 6.49. The van der Waals surface area contributed by atoms with Crippen molar-refractivity contribution in [3.8, 4) is 0 Å². The molecule has 1 aromatic rings. The minimum Gasteiger partial charge on any atom is -0.333 e. The highest BCUT2D eigenvalue weighted by Gasteiger charge is 2.30. The monoisotopic (exact) mass is 314 g/mol. The second kappa shape index (κ2) is 5.40. The van der Waals surface area contributed by atoms with Gasteiger partial charge in [-0.3, -0.25) is 4.79 Å². The molecule has 1 amide bonds. The number of carbonyl (C=O) groups excluding carboxylic acids is 1. The van der Waals surface area contributed by atoms with E-state index in [0.29, 0.717) is 10.9 Å². The van der Waals surface area contributed by atoms with Gasteiger partial charge in [0.1, 0.15) is 5.69 Å². The zero-order chi connectivity index (χ0) is 12.4. The van der Waals surface area contributed by atoms with Crippen molar-refractivity contribution < 1.29 is 4.79 Å². The standard InChI is InChI=1S/C12H15BrN2OS/c1-8-9(2)17-7-6-15(8)12(16)11-10(13)4-3-5-14-11/h3-5,8-9H,6-7H2,1-2H3. The minimum absolute atomic E-state index is 0.0251. The highest BCUT2D eigenvalue weighted by Crippen LogP contribution is 2.26. The molecule has 0 aromatic carbocycles. The van der Waals surface area contributed by atoms with Gasteiger partial charge in [-0.15, -0.1) is 0 Å². The first-order valence-electron chi connectivity index (χ1n) is 5.64. The Labute approximate surface area is 114 Å². The molecular formula is C12H15BrN2OS. The molecule has 0 saturated carbocycles. The summed E-state index contributed by atoms with van der Waals surface area (Å²) >= 11 is 5.30. The van der Waals surface area contributed by atoms with Crippen LogP contribution in [0, 0.1) is 0 Å². The smallest absolute Gasteiger partial charge is 0.273 e. The van der Waals surface area contributed by atoms with Gasteiger partial charge in [0.2, 0.25) is 0 Å². The summed E-state index contributed by atoms with van der Waals surface area (Å²) in [6.07, 6.45) is 1.66. The van der Waals surface area contributed by atoms with Crippen LogP contribution < -0.4 is 0 Å². The summed E-state index contributed by atoms with van der Waals surface area (Å²) in [6, 6.07) is 3.93. The predicted molar refractivity (Wildman–Crippen MR) is 74.4 cm³/mol. The van der Waals surface area contributed by atoms with Gasteiger partial charge in [-0.1, -0.05) is 6.92 Å². The molecule has 0 bridgehead atoms. The van der Waals surface area contributed by atoms with E-state index < -0.39 is 0 Å². The van der Waals surface area contributed by atoms with Crippen molar-refractivity contribution in [1.29, 1.82) is 0 Å². The highest BCUT2D eigenvalue weighted by molar-refractivity contribution is 9.10. The van der Waals surface area contributed by atoms with Crippen molar-refractivity contribution in [1.82, 2.24) is 9.88 Å². The summed E-state index contributed by atoms with van der Waals surface area (Å²) in [5.74, 6) is 1.03. The number of nitrogens with zero attached hydrogens (tertiary/aromatic N) is 2. The van der Waals surface area contributed by atoms with Crippen LogP contribution in [0.4, 0.5) is 0 Å². The quantitative estimate of drug-likeness (QED) is 0.799. The van der Waals surface area contributed by atoms with E-state index >= 15 is 0 Å². The SMILES string of the molecule is CC1SCCN(C(=O)c2ncccc2Br)C1C. The molecule has 1 saturated heterocycles. The minimum atomic E-state index is 0.0251. The van der Waals surface area contributed by atoms with Crippen LogP contribution in [0.15, 0.2) is 22.8 Å². The van der Waals surface area contributed by atoms with Crippen molar-refractivity contribution in [2.75, 3.05) is 12.3 Å². The lowest BCUT2D eigenvalue weighted by molar-refractivity contribution is 0.0691. The summed E-state index contributed by atoms with van der Waals surface area (Å²) in [4.78, 5) is 18.5. The van der Waals surface area contributed by atoms with Gasteiger partial charge in [0.15, 0.2) is 0 Å². The van der Waals surface area contributed by atoms with Crippen molar-refractivity contribution in [2.24, 2.45) is 0 Å². The number of halogens is 1. The molecule has 0 radical (unpaired) electrons. The Morgan fingerprint density at radius 3 is 3.06 bits per heavy atom. The lowest BCUT2D eigenvalue weighted by Gasteiger charge is -2.37. The molecule has 5 heteroatoms. The van der Waals surface area contributed by atoms with Crippen LogP contribution in [0.5, 0.6) is 0 Å². The zero-order valence-corrected chi connectivity index (χ0v) is 12.3. The Hall–Kier alpha value is -0.550. The molecule has 0 N–H and O–H groups in total. The molecule has 1 aromatic heterocycles. The molecule has 92 valence electrons. The number of thioether (sulfide) groups is 1. The van der Waals surface area contributed by atoms with Gasteiger partial charge in [0.05, 0.1) is 0 Å². The average molecular weight is 315 g/mol. The van der Waals surface area contributed by atoms with E-state index in [-0.39, 0.29) is 11.9 Å². The summed E-state index contributed by atoms with van der Waals surface area (Å²) < 4.78 is 0.767. The third-order valence-electron chi connectivity index (χ3n) is 3.11. The van der Waals surface area contributed by atoms with Crippen molar-refractivity contribution in [3.63, 3.8) is 0 Å². The molecule has 2 rings (SSSR count). The molecule has 2 unspecified atom stereocenters. The first kappa shape index (κ1) is 12.9. The Morgan fingerprint density at radius 1 is 1.59 bits per heavy atom. The second-order valence-electron chi connectivity index (χ2n) is 4.15. The molecule has 1 aliphatic rings. The third-order valence-corrected chi connectivity index (χ3v) is 5.08. The predicted octanol–water partition coefficient (Wildman–Crippen LogP) is 2.81. The maximum absolute atomic E-state index is 12.4. The summed E-state index contributed by atoms with van der Waals surface area (Å²) in [5, 5.41) is 0.482. The number of aromatic nitrogens is 1. The summed E-state index contributed by atoms with van der Waals surface area (Å²) in [6.45, 7) is 5.08. The third kappa shape index (κ3) is 2.65.